The van der Waals surface area contributed by atoms with Gasteiger partial charge in [-0.2, -0.15) is 0 Å². The lowest BCUT2D eigenvalue weighted by Crippen LogP contribution is -2.56. The molecule has 4 heteroatoms. The number of likely N-dealkylation sites (N-methyl/N-ethyl adjacent to an activating group) is 1. The van der Waals surface area contributed by atoms with E-state index in [9.17, 15) is 0 Å². The van der Waals surface area contributed by atoms with Crippen LogP contribution in [0.2, 0.25) is 0 Å². The van der Waals surface area contributed by atoms with Crippen LogP contribution >= 0.6 is 0 Å². The fourth-order valence-electron chi connectivity index (χ4n) is 3.00. The molecular weight excluding hydrogens is 238 g/mol. The molecule has 1 unspecified atom stereocenters. The Hall–Kier alpha value is -0.160. The standard InChI is InChI=1S/C15H31N3O/c1-14-12-18(15(2,3)13-19-14)7-5-6-17-10-8-16(4)9-11-17/h14H,5-13H2,1-4H3. The van der Waals surface area contributed by atoms with E-state index in [1.54, 1.807) is 0 Å². The summed E-state index contributed by atoms with van der Waals surface area (Å²) in [5.74, 6) is 0. The van der Waals surface area contributed by atoms with Gasteiger partial charge in [-0.05, 0) is 40.8 Å². The highest BCUT2D eigenvalue weighted by molar-refractivity contribution is 4.86. The van der Waals surface area contributed by atoms with Gasteiger partial charge in [0.15, 0.2) is 0 Å². The minimum atomic E-state index is 0.203. The van der Waals surface area contributed by atoms with Gasteiger partial charge in [-0.1, -0.05) is 0 Å². The molecule has 0 aromatic carbocycles. The summed E-state index contributed by atoms with van der Waals surface area (Å²) in [4.78, 5) is 7.64. The van der Waals surface area contributed by atoms with Crippen LogP contribution in [-0.2, 0) is 4.74 Å². The molecule has 2 aliphatic heterocycles. The van der Waals surface area contributed by atoms with Gasteiger partial charge >= 0.3 is 0 Å². The monoisotopic (exact) mass is 269 g/mol. The van der Waals surface area contributed by atoms with Crippen molar-refractivity contribution in [1.29, 1.82) is 0 Å². The lowest BCUT2D eigenvalue weighted by Gasteiger charge is -2.45. The number of hydrogen-bond acceptors (Lipinski definition) is 4. The van der Waals surface area contributed by atoms with E-state index in [4.69, 9.17) is 4.74 Å². The first-order valence-electron chi connectivity index (χ1n) is 7.75. The van der Waals surface area contributed by atoms with E-state index < -0.39 is 0 Å². The first-order valence-corrected chi connectivity index (χ1v) is 7.75. The molecule has 0 amide bonds. The highest BCUT2D eigenvalue weighted by Crippen LogP contribution is 2.22. The van der Waals surface area contributed by atoms with Gasteiger partial charge in [-0.3, -0.25) is 4.90 Å². The van der Waals surface area contributed by atoms with Crippen molar-refractivity contribution in [2.24, 2.45) is 0 Å². The van der Waals surface area contributed by atoms with Crippen molar-refractivity contribution in [3.05, 3.63) is 0 Å². The van der Waals surface area contributed by atoms with Crippen molar-refractivity contribution in [3.63, 3.8) is 0 Å². The Bertz CT molecular complexity index is 275. The fraction of sp³-hybridized carbons (Fsp3) is 1.00. The third-order valence-corrected chi connectivity index (χ3v) is 4.55. The maximum absolute atomic E-state index is 5.77. The van der Waals surface area contributed by atoms with Crippen LogP contribution in [0.5, 0.6) is 0 Å². The van der Waals surface area contributed by atoms with Gasteiger partial charge in [0.25, 0.3) is 0 Å². The highest BCUT2D eigenvalue weighted by Gasteiger charge is 2.32. The summed E-state index contributed by atoms with van der Waals surface area (Å²) in [5, 5.41) is 0. The number of hydrogen-bond donors (Lipinski definition) is 0. The Morgan fingerprint density at radius 2 is 1.79 bits per heavy atom. The van der Waals surface area contributed by atoms with Gasteiger partial charge < -0.3 is 14.5 Å². The van der Waals surface area contributed by atoms with E-state index in [0.717, 1.165) is 13.2 Å². The zero-order chi connectivity index (χ0) is 13.9. The molecule has 0 N–H and O–H groups in total. The zero-order valence-electron chi connectivity index (χ0n) is 13.2. The van der Waals surface area contributed by atoms with Crippen LogP contribution in [0.4, 0.5) is 0 Å². The van der Waals surface area contributed by atoms with Crippen LogP contribution in [0, 0.1) is 0 Å². The van der Waals surface area contributed by atoms with Crippen molar-refractivity contribution in [2.75, 3.05) is 59.5 Å². The van der Waals surface area contributed by atoms with Gasteiger partial charge in [-0.25, -0.2) is 0 Å². The second-order valence-electron chi connectivity index (χ2n) is 6.88. The summed E-state index contributed by atoms with van der Waals surface area (Å²) < 4.78 is 5.77. The molecule has 1 atom stereocenters. The number of ether oxygens (including phenoxy) is 1. The zero-order valence-corrected chi connectivity index (χ0v) is 13.2. The summed E-state index contributed by atoms with van der Waals surface area (Å²) in [6, 6.07) is 0. The van der Waals surface area contributed by atoms with Crippen LogP contribution in [0.15, 0.2) is 0 Å². The number of morpholine rings is 1. The minimum absolute atomic E-state index is 0.203. The Balaban J connectivity index is 1.69. The van der Waals surface area contributed by atoms with E-state index in [-0.39, 0.29) is 5.54 Å². The van der Waals surface area contributed by atoms with E-state index in [1.807, 2.05) is 0 Å². The largest absolute Gasteiger partial charge is 0.375 e. The van der Waals surface area contributed by atoms with Crippen LogP contribution in [-0.4, -0.2) is 85.8 Å². The van der Waals surface area contributed by atoms with E-state index >= 15 is 0 Å². The normalized spacial score (nSPS) is 30.6. The first-order chi connectivity index (χ1) is 8.97. The molecule has 0 saturated carbocycles. The summed E-state index contributed by atoms with van der Waals surface area (Å²) in [6.45, 7) is 16.1. The third kappa shape index (κ3) is 4.42. The third-order valence-electron chi connectivity index (χ3n) is 4.55. The number of piperazine rings is 1. The topological polar surface area (TPSA) is 19.0 Å². The van der Waals surface area contributed by atoms with E-state index in [0.29, 0.717) is 6.10 Å². The number of nitrogens with zero attached hydrogens (tertiary/aromatic N) is 3. The Morgan fingerprint density at radius 1 is 1.11 bits per heavy atom. The molecule has 2 saturated heterocycles. The van der Waals surface area contributed by atoms with Gasteiger partial charge in [0.2, 0.25) is 0 Å². The molecule has 2 fully saturated rings. The van der Waals surface area contributed by atoms with Gasteiger partial charge in [0, 0.05) is 44.8 Å². The molecular formula is C15H31N3O. The SMILES string of the molecule is CC1CN(CCCN2CCN(C)CC2)C(C)(C)CO1. The van der Waals surface area contributed by atoms with Crippen molar-refractivity contribution >= 4 is 0 Å². The average Bonchev–Trinajstić information content (AvgIpc) is 2.36. The van der Waals surface area contributed by atoms with Crippen molar-refractivity contribution in [1.82, 2.24) is 14.7 Å². The van der Waals surface area contributed by atoms with Crippen LogP contribution in [0.3, 0.4) is 0 Å². The quantitative estimate of drug-likeness (QED) is 0.761. The molecule has 0 aliphatic carbocycles. The van der Waals surface area contributed by atoms with Crippen molar-refractivity contribution in [3.8, 4) is 0 Å². The molecule has 112 valence electrons. The summed E-state index contributed by atoms with van der Waals surface area (Å²) >= 11 is 0. The molecule has 2 heterocycles. The molecule has 2 aliphatic rings. The fourth-order valence-corrected chi connectivity index (χ4v) is 3.00. The van der Waals surface area contributed by atoms with Crippen LogP contribution in [0.25, 0.3) is 0 Å². The molecule has 0 aromatic heterocycles. The second-order valence-corrected chi connectivity index (χ2v) is 6.88. The van der Waals surface area contributed by atoms with E-state index in [1.165, 1.54) is 45.7 Å². The minimum Gasteiger partial charge on any atom is -0.375 e. The summed E-state index contributed by atoms with van der Waals surface area (Å²) in [5.41, 5.74) is 0.203. The Morgan fingerprint density at radius 3 is 2.47 bits per heavy atom. The van der Waals surface area contributed by atoms with Gasteiger partial charge in [0.05, 0.1) is 12.7 Å². The maximum Gasteiger partial charge on any atom is 0.0675 e. The van der Waals surface area contributed by atoms with Crippen molar-refractivity contribution in [2.45, 2.75) is 38.8 Å². The molecule has 0 bridgehead atoms. The smallest absolute Gasteiger partial charge is 0.0675 e. The average molecular weight is 269 g/mol. The second kappa shape index (κ2) is 6.53. The molecule has 0 aromatic rings. The Labute approximate surface area is 118 Å². The highest BCUT2D eigenvalue weighted by atomic mass is 16.5. The molecule has 19 heavy (non-hydrogen) atoms. The molecule has 2 rings (SSSR count). The van der Waals surface area contributed by atoms with E-state index in [2.05, 4.69) is 42.5 Å². The maximum atomic E-state index is 5.77. The summed E-state index contributed by atoms with van der Waals surface area (Å²) in [6.07, 6.45) is 1.66. The molecule has 4 nitrogen and oxygen atoms in total. The van der Waals surface area contributed by atoms with Crippen LogP contribution < -0.4 is 0 Å². The summed E-state index contributed by atoms with van der Waals surface area (Å²) in [7, 11) is 2.22. The molecule has 0 spiro atoms. The predicted molar refractivity (Wildman–Crippen MR) is 79.6 cm³/mol. The first kappa shape index (κ1) is 15.2. The van der Waals surface area contributed by atoms with Crippen molar-refractivity contribution < 1.29 is 4.74 Å². The predicted octanol–water partition coefficient (Wildman–Crippen LogP) is 1.12. The van der Waals surface area contributed by atoms with Crippen LogP contribution in [0.1, 0.15) is 27.2 Å². The molecule has 0 radical (unpaired) electrons. The lowest BCUT2D eigenvalue weighted by molar-refractivity contribution is -0.0919. The van der Waals surface area contributed by atoms with Gasteiger partial charge in [0.1, 0.15) is 0 Å². The Kier molecular flexibility index (Phi) is 5.23. The lowest BCUT2D eigenvalue weighted by atomic mass is 10.0. The van der Waals surface area contributed by atoms with Gasteiger partial charge in [-0.15, -0.1) is 0 Å². The number of rotatable bonds is 4.